The topological polar surface area (TPSA) is 70.6 Å². The van der Waals surface area contributed by atoms with E-state index < -0.39 is 10.0 Å². The van der Waals surface area contributed by atoms with Crippen molar-refractivity contribution in [3.8, 4) is 0 Å². The molecule has 0 unspecified atom stereocenters. The smallest absolute Gasteiger partial charge is 0.224 e. The number of hydrogen-bond donors (Lipinski definition) is 0. The Bertz CT molecular complexity index is 795. The van der Waals surface area contributed by atoms with Crippen LogP contribution in [0.4, 0.5) is 0 Å². The third-order valence-corrected chi connectivity index (χ3v) is 5.31. The third-order valence-electron chi connectivity index (χ3n) is 4.06. The maximum atomic E-state index is 12.6. The van der Waals surface area contributed by atoms with E-state index in [0.29, 0.717) is 18.8 Å². The van der Waals surface area contributed by atoms with Crippen LogP contribution < -0.4 is 0 Å². The summed E-state index contributed by atoms with van der Waals surface area (Å²) in [5.74, 6) is -0.0639. The van der Waals surface area contributed by atoms with Crippen LogP contribution in [-0.2, 0) is 27.9 Å². The van der Waals surface area contributed by atoms with Gasteiger partial charge in [0.05, 0.1) is 18.5 Å². The summed E-state index contributed by atoms with van der Waals surface area (Å²) in [6, 6.07) is 15.1. The van der Waals surface area contributed by atoms with Gasteiger partial charge in [0.2, 0.25) is 15.9 Å². The molecule has 1 aromatic carbocycles. The van der Waals surface area contributed by atoms with E-state index in [1.807, 2.05) is 43.3 Å². The van der Waals surface area contributed by atoms with E-state index in [2.05, 4.69) is 4.98 Å². The lowest BCUT2D eigenvalue weighted by molar-refractivity contribution is -0.131. The molecule has 26 heavy (non-hydrogen) atoms. The molecule has 140 valence electrons. The Hall–Kier alpha value is -2.25. The van der Waals surface area contributed by atoms with Crippen LogP contribution in [0.15, 0.2) is 54.7 Å². The SMILES string of the molecule is CCN(Cc1ccccc1)C(=O)CCN(Cc1ccccn1)S(C)(=O)=O. The molecule has 0 aliphatic carbocycles. The van der Waals surface area contributed by atoms with Crippen LogP contribution in [0.1, 0.15) is 24.6 Å². The minimum Gasteiger partial charge on any atom is -0.339 e. The summed E-state index contributed by atoms with van der Waals surface area (Å²) in [6.07, 6.45) is 2.92. The summed E-state index contributed by atoms with van der Waals surface area (Å²) >= 11 is 0. The largest absolute Gasteiger partial charge is 0.339 e. The van der Waals surface area contributed by atoms with E-state index in [1.54, 1.807) is 23.2 Å². The summed E-state index contributed by atoms with van der Waals surface area (Å²) in [5, 5.41) is 0. The Balaban J connectivity index is 1.99. The summed E-state index contributed by atoms with van der Waals surface area (Å²) in [6.45, 7) is 3.32. The first-order valence-corrected chi connectivity index (χ1v) is 10.4. The predicted molar refractivity (Wildman–Crippen MR) is 102 cm³/mol. The second-order valence-electron chi connectivity index (χ2n) is 6.06. The zero-order chi connectivity index (χ0) is 19.0. The number of pyridine rings is 1. The van der Waals surface area contributed by atoms with E-state index in [-0.39, 0.29) is 25.4 Å². The maximum absolute atomic E-state index is 12.6. The first-order valence-electron chi connectivity index (χ1n) is 8.57. The van der Waals surface area contributed by atoms with E-state index in [1.165, 1.54) is 4.31 Å². The number of sulfonamides is 1. The van der Waals surface area contributed by atoms with Gasteiger partial charge in [0, 0.05) is 32.3 Å². The van der Waals surface area contributed by atoms with Gasteiger partial charge in [-0.2, -0.15) is 4.31 Å². The highest BCUT2D eigenvalue weighted by atomic mass is 32.2. The van der Waals surface area contributed by atoms with Gasteiger partial charge in [0.1, 0.15) is 0 Å². The lowest BCUT2D eigenvalue weighted by Crippen LogP contribution is -2.36. The normalized spacial score (nSPS) is 11.5. The molecule has 2 aromatic rings. The Kier molecular flexibility index (Phi) is 7.29. The van der Waals surface area contributed by atoms with Crippen LogP contribution in [0.5, 0.6) is 0 Å². The number of rotatable bonds is 9. The molecule has 0 aliphatic rings. The number of hydrogen-bond acceptors (Lipinski definition) is 4. The van der Waals surface area contributed by atoms with Crippen molar-refractivity contribution < 1.29 is 13.2 Å². The Morgan fingerprint density at radius 2 is 1.73 bits per heavy atom. The first-order chi connectivity index (χ1) is 12.4. The quantitative estimate of drug-likeness (QED) is 0.674. The molecule has 1 amide bonds. The highest BCUT2D eigenvalue weighted by molar-refractivity contribution is 7.88. The number of carbonyl (C=O) groups excluding carboxylic acids is 1. The molecule has 0 N–H and O–H groups in total. The Morgan fingerprint density at radius 1 is 1.04 bits per heavy atom. The number of amides is 1. The van der Waals surface area contributed by atoms with Gasteiger partial charge in [-0.15, -0.1) is 0 Å². The van der Waals surface area contributed by atoms with Gasteiger partial charge in [0.15, 0.2) is 0 Å². The zero-order valence-corrected chi connectivity index (χ0v) is 16.0. The summed E-state index contributed by atoms with van der Waals surface area (Å²) in [5.41, 5.74) is 1.71. The Labute approximate surface area is 155 Å². The fourth-order valence-electron chi connectivity index (χ4n) is 2.59. The fourth-order valence-corrected chi connectivity index (χ4v) is 3.38. The van der Waals surface area contributed by atoms with Crippen LogP contribution in [0, 0.1) is 0 Å². The van der Waals surface area contributed by atoms with Gasteiger partial charge in [-0.3, -0.25) is 9.78 Å². The van der Waals surface area contributed by atoms with Gasteiger partial charge in [0.25, 0.3) is 0 Å². The van der Waals surface area contributed by atoms with E-state index in [9.17, 15) is 13.2 Å². The second-order valence-corrected chi connectivity index (χ2v) is 8.04. The zero-order valence-electron chi connectivity index (χ0n) is 15.2. The van der Waals surface area contributed by atoms with Crippen molar-refractivity contribution in [1.82, 2.24) is 14.2 Å². The number of carbonyl (C=O) groups is 1. The van der Waals surface area contributed by atoms with Crippen molar-refractivity contribution in [3.05, 3.63) is 66.0 Å². The van der Waals surface area contributed by atoms with Crippen molar-refractivity contribution in [1.29, 1.82) is 0 Å². The molecular weight excluding hydrogens is 350 g/mol. The van der Waals surface area contributed by atoms with Crippen LogP contribution in [0.3, 0.4) is 0 Å². The van der Waals surface area contributed by atoms with Crippen LogP contribution >= 0.6 is 0 Å². The number of nitrogens with zero attached hydrogens (tertiary/aromatic N) is 3. The molecule has 0 saturated carbocycles. The standard InChI is InChI=1S/C19H25N3O3S/c1-3-21(15-17-9-5-4-6-10-17)19(23)12-14-22(26(2,24)25)16-18-11-7-8-13-20-18/h4-11,13H,3,12,14-16H2,1-2H3. The van der Waals surface area contributed by atoms with Gasteiger partial charge in [-0.05, 0) is 24.6 Å². The molecule has 0 spiro atoms. The molecule has 0 saturated heterocycles. The number of benzene rings is 1. The molecule has 7 heteroatoms. The average Bonchev–Trinajstić information content (AvgIpc) is 2.63. The molecule has 0 aliphatic heterocycles. The lowest BCUT2D eigenvalue weighted by atomic mass is 10.2. The molecule has 0 radical (unpaired) electrons. The predicted octanol–water partition coefficient (Wildman–Crippen LogP) is 2.28. The van der Waals surface area contributed by atoms with Crippen LogP contribution in [0.25, 0.3) is 0 Å². The van der Waals surface area contributed by atoms with Crippen molar-refractivity contribution in [3.63, 3.8) is 0 Å². The highest BCUT2D eigenvalue weighted by Gasteiger charge is 2.20. The van der Waals surface area contributed by atoms with Crippen molar-refractivity contribution in [2.75, 3.05) is 19.3 Å². The minimum absolute atomic E-state index is 0.0639. The van der Waals surface area contributed by atoms with Crippen molar-refractivity contribution in [2.45, 2.75) is 26.4 Å². The molecule has 0 atom stereocenters. The fraction of sp³-hybridized carbons (Fsp3) is 0.368. The van der Waals surface area contributed by atoms with Gasteiger partial charge >= 0.3 is 0 Å². The molecular formula is C19H25N3O3S. The van der Waals surface area contributed by atoms with Crippen LogP contribution in [-0.4, -0.2) is 47.9 Å². The Morgan fingerprint density at radius 3 is 2.31 bits per heavy atom. The van der Waals surface area contributed by atoms with Gasteiger partial charge < -0.3 is 4.90 Å². The van der Waals surface area contributed by atoms with E-state index >= 15 is 0 Å². The summed E-state index contributed by atoms with van der Waals surface area (Å²) in [7, 11) is -3.43. The molecule has 0 fully saturated rings. The van der Waals surface area contributed by atoms with Crippen LogP contribution in [0.2, 0.25) is 0 Å². The first kappa shape index (κ1) is 20.1. The molecule has 6 nitrogen and oxygen atoms in total. The van der Waals surface area contributed by atoms with Crippen molar-refractivity contribution in [2.24, 2.45) is 0 Å². The van der Waals surface area contributed by atoms with E-state index in [0.717, 1.165) is 11.8 Å². The van der Waals surface area contributed by atoms with E-state index in [4.69, 9.17) is 0 Å². The highest BCUT2D eigenvalue weighted by Crippen LogP contribution is 2.10. The maximum Gasteiger partial charge on any atom is 0.224 e. The van der Waals surface area contributed by atoms with Gasteiger partial charge in [-0.1, -0.05) is 36.4 Å². The molecule has 1 aromatic heterocycles. The minimum atomic E-state index is -3.43. The summed E-state index contributed by atoms with van der Waals surface area (Å²) in [4.78, 5) is 18.4. The average molecular weight is 375 g/mol. The van der Waals surface area contributed by atoms with Gasteiger partial charge in [-0.25, -0.2) is 8.42 Å². The number of aromatic nitrogens is 1. The third kappa shape index (κ3) is 6.24. The lowest BCUT2D eigenvalue weighted by Gasteiger charge is -2.24. The molecule has 0 bridgehead atoms. The summed E-state index contributed by atoms with van der Waals surface area (Å²) < 4.78 is 25.4. The van der Waals surface area contributed by atoms with Crippen molar-refractivity contribution >= 4 is 15.9 Å². The molecule has 2 rings (SSSR count). The monoisotopic (exact) mass is 375 g/mol. The molecule has 1 heterocycles. The second kappa shape index (κ2) is 9.45.